The Balaban J connectivity index is 2.09. The Hall–Kier alpha value is -2.41. The van der Waals surface area contributed by atoms with Gasteiger partial charge in [-0.2, -0.15) is 0 Å². The fourth-order valence-corrected chi connectivity index (χ4v) is 2.27. The molecular weight excluding hydrogens is 286 g/mol. The largest absolute Gasteiger partial charge is 0.497 e. The Morgan fingerprint density at radius 2 is 1.86 bits per heavy atom. The van der Waals surface area contributed by atoms with Crippen LogP contribution in [0.5, 0.6) is 5.75 Å². The maximum Gasteiger partial charge on any atom is 0.191 e. The molecule has 0 fully saturated rings. The monoisotopic (exact) mass is 299 g/mol. The van der Waals surface area contributed by atoms with Crippen LogP contribution in [0, 0.1) is 0 Å². The number of nitrogen functional groups attached to an aromatic ring is 1. The number of anilines is 1. The number of methoxy groups -OCH3 is 1. The van der Waals surface area contributed by atoms with Gasteiger partial charge in [-0.3, -0.25) is 0 Å². The molecule has 106 valence electrons. The second kappa shape index (κ2) is 5.53. The lowest BCUT2D eigenvalue weighted by Crippen LogP contribution is -2.00. The second-order valence-corrected chi connectivity index (χ2v) is 5.02. The number of fused-ring (bicyclic) bond motifs is 1. The van der Waals surface area contributed by atoms with Gasteiger partial charge in [0.2, 0.25) is 0 Å². The van der Waals surface area contributed by atoms with Crippen molar-refractivity contribution in [2.75, 3.05) is 19.1 Å². The van der Waals surface area contributed by atoms with E-state index in [0.29, 0.717) is 22.1 Å². The SMILES string of the molecule is COc1ccc(-c2cnc3nc(SC)nc(N)c3n2)cc1. The number of hydrogen-bond donors (Lipinski definition) is 1. The minimum atomic E-state index is 0.340. The molecule has 1 aromatic carbocycles. The van der Waals surface area contributed by atoms with E-state index in [1.54, 1.807) is 13.3 Å². The van der Waals surface area contributed by atoms with E-state index >= 15 is 0 Å². The third kappa shape index (κ3) is 2.59. The van der Waals surface area contributed by atoms with Gasteiger partial charge < -0.3 is 10.5 Å². The molecule has 2 heterocycles. The first-order valence-electron chi connectivity index (χ1n) is 6.20. The van der Waals surface area contributed by atoms with E-state index in [1.165, 1.54) is 11.8 Å². The summed E-state index contributed by atoms with van der Waals surface area (Å²) in [7, 11) is 1.63. The summed E-state index contributed by atoms with van der Waals surface area (Å²) in [4.78, 5) is 17.3. The smallest absolute Gasteiger partial charge is 0.191 e. The molecule has 0 radical (unpaired) electrons. The molecule has 0 aliphatic rings. The number of nitrogens with zero attached hydrogens (tertiary/aromatic N) is 4. The van der Waals surface area contributed by atoms with E-state index < -0.39 is 0 Å². The maximum atomic E-state index is 5.94. The van der Waals surface area contributed by atoms with Crippen LogP contribution in [-0.2, 0) is 0 Å². The number of rotatable bonds is 3. The van der Waals surface area contributed by atoms with Crippen molar-refractivity contribution >= 4 is 28.7 Å². The highest BCUT2D eigenvalue weighted by molar-refractivity contribution is 7.98. The molecule has 2 aromatic heterocycles. The zero-order valence-corrected chi connectivity index (χ0v) is 12.4. The predicted octanol–water partition coefficient (Wildman–Crippen LogP) is 2.40. The van der Waals surface area contributed by atoms with E-state index in [-0.39, 0.29) is 0 Å². The summed E-state index contributed by atoms with van der Waals surface area (Å²) in [5.41, 5.74) is 8.61. The van der Waals surface area contributed by atoms with Gasteiger partial charge in [-0.05, 0) is 30.5 Å². The van der Waals surface area contributed by atoms with Gasteiger partial charge in [0.25, 0.3) is 0 Å². The molecule has 0 spiro atoms. The minimum absolute atomic E-state index is 0.340. The van der Waals surface area contributed by atoms with Crippen LogP contribution in [0.25, 0.3) is 22.4 Å². The fraction of sp³-hybridized carbons (Fsp3) is 0.143. The Morgan fingerprint density at radius 1 is 1.10 bits per heavy atom. The van der Waals surface area contributed by atoms with E-state index in [2.05, 4.69) is 19.9 Å². The number of thioether (sulfide) groups is 1. The first kappa shape index (κ1) is 13.6. The normalized spacial score (nSPS) is 10.8. The minimum Gasteiger partial charge on any atom is -0.497 e. The fourth-order valence-electron chi connectivity index (χ4n) is 1.90. The quantitative estimate of drug-likeness (QED) is 0.587. The van der Waals surface area contributed by atoms with Crippen LogP contribution < -0.4 is 10.5 Å². The molecule has 7 heteroatoms. The number of benzene rings is 1. The van der Waals surface area contributed by atoms with Crippen molar-refractivity contribution < 1.29 is 4.74 Å². The lowest BCUT2D eigenvalue weighted by molar-refractivity contribution is 0.415. The third-order valence-corrected chi connectivity index (χ3v) is 3.53. The summed E-state index contributed by atoms with van der Waals surface area (Å²) < 4.78 is 5.14. The molecule has 0 aliphatic heterocycles. The van der Waals surface area contributed by atoms with E-state index in [9.17, 15) is 0 Å². The standard InChI is InChI=1S/C14H13N5OS/c1-20-9-5-3-8(4-6-9)10-7-16-13-11(17-10)12(15)18-14(19-13)21-2/h3-7H,1-2H3,(H2,15,16,18,19). The lowest BCUT2D eigenvalue weighted by atomic mass is 10.1. The van der Waals surface area contributed by atoms with Crippen LogP contribution in [0.3, 0.4) is 0 Å². The highest BCUT2D eigenvalue weighted by Gasteiger charge is 2.09. The molecule has 0 bridgehead atoms. The first-order chi connectivity index (χ1) is 10.2. The average molecular weight is 299 g/mol. The summed E-state index contributed by atoms with van der Waals surface area (Å²) >= 11 is 1.42. The summed E-state index contributed by atoms with van der Waals surface area (Å²) in [6, 6.07) is 7.58. The highest BCUT2D eigenvalue weighted by atomic mass is 32.2. The molecule has 6 nitrogen and oxygen atoms in total. The maximum absolute atomic E-state index is 5.94. The van der Waals surface area contributed by atoms with Crippen molar-refractivity contribution in [2.24, 2.45) is 0 Å². The third-order valence-electron chi connectivity index (χ3n) is 2.98. The van der Waals surface area contributed by atoms with Crippen LogP contribution in [0.15, 0.2) is 35.6 Å². The van der Waals surface area contributed by atoms with Gasteiger partial charge in [-0.1, -0.05) is 11.8 Å². The zero-order valence-electron chi connectivity index (χ0n) is 11.6. The Labute approximate surface area is 125 Å². The van der Waals surface area contributed by atoms with Crippen molar-refractivity contribution in [2.45, 2.75) is 5.16 Å². The molecular formula is C14H13N5OS. The van der Waals surface area contributed by atoms with Gasteiger partial charge >= 0.3 is 0 Å². The van der Waals surface area contributed by atoms with Crippen LogP contribution in [0.1, 0.15) is 0 Å². The van der Waals surface area contributed by atoms with Crippen LogP contribution >= 0.6 is 11.8 Å². The van der Waals surface area contributed by atoms with Crippen molar-refractivity contribution in [1.82, 2.24) is 19.9 Å². The molecule has 3 rings (SSSR count). The molecule has 0 aliphatic carbocycles. The summed E-state index contributed by atoms with van der Waals surface area (Å²) in [6.45, 7) is 0. The molecule has 0 unspecified atom stereocenters. The van der Waals surface area contributed by atoms with E-state index in [4.69, 9.17) is 10.5 Å². The van der Waals surface area contributed by atoms with Crippen molar-refractivity contribution in [3.8, 4) is 17.0 Å². The first-order valence-corrected chi connectivity index (χ1v) is 7.42. The van der Waals surface area contributed by atoms with Crippen LogP contribution in [-0.4, -0.2) is 33.3 Å². The molecule has 0 amide bonds. The molecule has 0 saturated heterocycles. The van der Waals surface area contributed by atoms with Gasteiger partial charge in [0.05, 0.1) is 19.0 Å². The summed E-state index contributed by atoms with van der Waals surface area (Å²) in [5, 5.41) is 0.589. The summed E-state index contributed by atoms with van der Waals surface area (Å²) in [6.07, 6.45) is 3.57. The average Bonchev–Trinajstić information content (AvgIpc) is 2.54. The topological polar surface area (TPSA) is 86.8 Å². The molecule has 0 saturated carbocycles. The van der Waals surface area contributed by atoms with Gasteiger partial charge in [0, 0.05) is 5.56 Å². The van der Waals surface area contributed by atoms with Gasteiger partial charge in [0.1, 0.15) is 5.75 Å². The molecule has 0 atom stereocenters. The van der Waals surface area contributed by atoms with Gasteiger partial charge in [-0.25, -0.2) is 19.9 Å². The van der Waals surface area contributed by atoms with Gasteiger partial charge in [0.15, 0.2) is 22.1 Å². The molecule has 3 aromatic rings. The highest BCUT2D eigenvalue weighted by Crippen LogP contribution is 2.24. The molecule has 2 N–H and O–H groups in total. The van der Waals surface area contributed by atoms with Crippen molar-refractivity contribution in [3.05, 3.63) is 30.5 Å². The van der Waals surface area contributed by atoms with E-state index in [0.717, 1.165) is 17.0 Å². The Bertz CT molecular complexity index is 791. The zero-order chi connectivity index (χ0) is 14.8. The number of ether oxygens (including phenoxy) is 1. The van der Waals surface area contributed by atoms with Crippen LogP contribution in [0.4, 0.5) is 5.82 Å². The lowest BCUT2D eigenvalue weighted by Gasteiger charge is -2.06. The Kier molecular flexibility index (Phi) is 3.57. The van der Waals surface area contributed by atoms with Crippen molar-refractivity contribution in [3.63, 3.8) is 0 Å². The predicted molar refractivity (Wildman–Crippen MR) is 83.3 cm³/mol. The summed E-state index contributed by atoms with van der Waals surface area (Å²) in [5.74, 6) is 1.13. The number of hydrogen-bond acceptors (Lipinski definition) is 7. The number of aromatic nitrogens is 4. The van der Waals surface area contributed by atoms with E-state index in [1.807, 2.05) is 30.5 Å². The van der Waals surface area contributed by atoms with Crippen LogP contribution in [0.2, 0.25) is 0 Å². The number of nitrogens with two attached hydrogens (primary N) is 1. The second-order valence-electron chi connectivity index (χ2n) is 4.25. The van der Waals surface area contributed by atoms with Crippen molar-refractivity contribution in [1.29, 1.82) is 0 Å². The van der Waals surface area contributed by atoms with Gasteiger partial charge in [-0.15, -0.1) is 0 Å². The molecule has 21 heavy (non-hydrogen) atoms. The Morgan fingerprint density at radius 3 is 2.52 bits per heavy atom.